The summed E-state index contributed by atoms with van der Waals surface area (Å²) >= 11 is 0. The molecule has 2 N–H and O–H groups in total. The molecule has 0 saturated heterocycles. The van der Waals surface area contributed by atoms with E-state index in [2.05, 4.69) is 10.0 Å². The van der Waals surface area contributed by atoms with Gasteiger partial charge in [0.1, 0.15) is 5.75 Å². The van der Waals surface area contributed by atoms with E-state index in [1.54, 1.807) is 19.2 Å². The number of aryl methyl sites for hydroxylation is 1. The van der Waals surface area contributed by atoms with Crippen molar-refractivity contribution in [1.29, 1.82) is 0 Å². The lowest BCUT2D eigenvalue weighted by molar-refractivity contribution is -0.116. The molecule has 0 fully saturated rings. The minimum atomic E-state index is -3.63. The number of hydrogen-bond acceptors (Lipinski definition) is 4. The zero-order valence-electron chi connectivity index (χ0n) is 14.8. The highest BCUT2D eigenvalue weighted by molar-refractivity contribution is 7.89. The molecule has 0 aliphatic carbocycles. The Kier molecular flexibility index (Phi) is 5.29. The van der Waals surface area contributed by atoms with Crippen LogP contribution in [0.1, 0.15) is 24.5 Å². The Labute approximate surface area is 153 Å². The number of fused-ring (bicyclic) bond motifs is 1. The molecule has 2 aromatic carbocycles. The average molecular weight is 374 g/mol. The Morgan fingerprint density at radius 1 is 1.15 bits per heavy atom. The molecule has 7 heteroatoms. The summed E-state index contributed by atoms with van der Waals surface area (Å²) in [5, 5.41) is 2.76. The summed E-state index contributed by atoms with van der Waals surface area (Å²) in [4.78, 5) is 11.6. The molecule has 1 heterocycles. The van der Waals surface area contributed by atoms with Crippen LogP contribution >= 0.6 is 0 Å². The zero-order chi connectivity index (χ0) is 18.7. The predicted molar refractivity (Wildman–Crippen MR) is 99.9 cm³/mol. The molecule has 1 aliphatic heterocycles. The summed E-state index contributed by atoms with van der Waals surface area (Å²) < 4.78 is 33.2. The van der Waals surface area contributed by atoms with E-state index < -0.39 is 10.0 Å². The van der Waals surface area contributed by atoms with E-state index in [0.29, 0.717) is 24.9 Å². The lowest BCUT2D eigenvalue weighted by Gasteiger charge is -2.19. The Hall–Kier alpha value is -2.38. The monoisotopic (exact) mass is 374 g/mol. The van der Waals surface area contributed by atoms with Crippen molar-refractivity contribution in [3.8, 4) is 5.75 Å². The van der Waals surface area contributed by atoms with E-state index in [0.717, 1.165) is 16.9 Å². The maximum atomic E-state index is 12.7. The molecule has 26 heavy (non-hydrogen) atoms. The molecule has 3 rings (SSSR count). The highest BCUT2D eigenvalue weighted by Gasteiger charge is 2.21. The molecule has 6 nitrogen and oxygen atoms in total. The molecule has 0 aromatic heterocycles. The number of hydrogen-bond donors (Lipinski definition) is 2. The summed E-state index contributed by atoms with van der Waals surface area (Å²) in [6.07, 6.45) is 1.49. The van der Waals surface area contributed by atoms with E-state index in [-0.39, 0.29) is 16.8 Å². The van der Waals surface area contributed by atoms with Crippen LogP contribution in [-0.4, -0.2) is 27.5 Å². The number of nitrogens with one attached hydrogen (secondary N) is 2. The molecule has 1 aliphatic rings. The van der Waals surface area contributed by atoms with Gasteiger partial charge in [-0.15, -0.1) is 0 Å². The number of amides is 1. The van der Waals surface area contributed by atoms with E-state index in [9.17, 15) is 13.2 Å². The van der Waals surface area contributed by atoms with Gasteiger partial charge < -0.3 is 10.1 Å². The smallest absolute Gasteiger partial charge is 0.240 e. The molecular weight excluding hydrogens is 352 g/mol. The summed E-state index contributed by atoms with van der Waals surface area (Å²) in [5.74, 6) is 0.725. The van der Waals surface area contributed by atoms with Crippen LogP contribution in [0.15, 0.2) is 47.4 Å². The van der Waals surface area contributed by atoms with Gasteiger partial charge in [0.2, 0.25) is 15.9 Å². The van der Waals surface area contributed by atoms with Crippen molar-refractivity contribution in [3.63, 3.8) is 0 Å². The molecule has 0 unspecified atom stereocenters. The van der Waals surface area contributed by atoms with Crippen molar-refractivity contribution < 1.29 is 17.9 Å². The van der Waals surface area contributed by atoms with Gasteiger partial charge in [0.25, 0.3) is 0 Å². The number of carbonyl (C=O) groups is 1. The summed E-state index contributed by atoms with van der Waals surface area (Å²) in [6.45, 7) is 1.83. The van der Waals surface area contributed by atoms with Gasteiger partial charge in [-0.3, -0.25) is 4.79 Å². The lowest BCUT2D eigenvalue weighted by Crippen LogP contribution is -2.34. The number of rotatable bonds is 6. The minimum Gasteiger partial charge on any atom is -0.497 e. The summed E-state index contributed by atoms with van der Waals surface area (Å²) in [5.41, 5.74) is 2.55. The fourth-order valence-corrected chi connectivity index (χ4v) is 4.31. The SMILES string of the molecule is COc1ccc(C[C@H](C)NS(=O)(=O)c2ccc3c(c2)CCC(=O)N3)cc1. The van der Waals surface area contributed by atoms with E-state index >= 15 is 0 Å². The Morgan fingerprint density at radius 3 is 2.58 bits per heavy atom. The number of benzene rings is 2. The van der Waals surface area contributed by atoms with Crippen LogP contribution < -0.4 is 14.8 Å². The van der Waals surface area contributed by atoms with Crippen molar-refractivity contribution >= 4 is 21.6 Å². The first kappa shape index (κ1) is 18.4. The minimum absolute atomic E-state index is 0.0423. The van der Waals surface area contributed by atoms with Crippen LogP contribution in [0.25, 0.3) is 0 Å². The number of anilines is 1. The van der Waals surface area contributed by atoms with Gasteiger partial charge in [-0.2, -0.15) is 0 Å². The van der Waals surface area contributed by atoms with Gasteiger partial charge in [-0.1, -0.05) is 12.1 Å². The molecule has 0 spiro atoms. The van der Waals surface area contributed by atoms with Gasteiger partial charge in [-0.25, -0.2) is 13.1 Å². The third-order valence-electron chi connectivity index (χ3n) is 4.34. The average Bonchev–Trinajstić information content (AvgIpc) is 2.61. The molecule has 0 saturated carbocycles. The highest BCUT2D eigenvalue weighted by atomic mass is 32.2. The number of carbonyl (C=O) groups excluding carboxylic acids is 1. The largest absolute Gasteiger partial charge is 0.497 e. The van der Waals surface area contributed by atoms with Crippen LogP contribution in [0.5, 0.6) is 5.75 Å². The Balaban J connectivity index is 1.70. The maximum Gasteiger partial charge on any atom is 0.240 e. The number of ether oxygens (including phenoxy) is 1. The summed E-state index contributed by atoms with van der Waals surface area (Å²) in [7, 11) is -2.02. The van der Waals surface area contributed by atoms with Gasteiger partial charge in [0.15, 0.2) is 0 Å². The van der Waals surface area contributed by atoms with Gasteiger partial charge in [-0.05, 0) is 61.2 Å². The standard InChI is InChI=1S/C19H22N2O4S/c1-13(11-14-3-6-16(25-2)7-4-14)21-26(23,24)17-8-9-18-15(12-17)5-10-19(22)20-18/h3-4,6-9,12-13,21H,5,10-11H2,1-2H3,(H,20,22)/t13-/m0/s1. The van der Waals surface area contributed by atoms with Gasteiger partial charge in [0, 0.05) is 18.2 Å². The second-order valence-corrected chi connectivity index (χ2v) is 8.16. The van der Waals surface area contributed by atoms with Gasteiger partial charge in [0.05, 0.1) is 12.0 Å². The number of methoxy groups -OCH3 is 1. The molecular formula is C19H22N2O4S. The van der Waals surface area contributed by atoms with Crippen LogP contribution in [0.3, 0.4) is 0 Å². The van der Waals surface area contributed by atoms with E-state index in [1.807, 2.05) is 31.2 Å². The first-order valence-corrected chi connectivity index (χ1v) is 9.94. The van der Waals surface area contributed by atoms with Crippen molar-refractivity contribution in [2.75, 3.05) is 12.4 Å². The quantitative estimate of drug-likeness (QED) is 0.814. The van der Waals surface area contributed by atoms with Crippen molar-refractivity contribution in [1.82, 2.24) is 4.72 Å². The number of sulfonamides is 1. The first-order chi connectivity index (χ1) is 12.4. The second kappa shape index (κ2) is 7.47. The fourth-order valence-electron chi connectivity index (χ4n) is 3.02. The van der Waals surface area contributed by atoms with Crippen LogP contribution in [0.2, 0.25) is 0 Å². The fraction of sp³-hybridized carbons (Fsp3) is 0.316. The molecule has 1 amide bonds. The predicted octanol–water partition coefficient (Wildman–Crippen LogP) is 2.49. The molecule has 0 radical (unpaired) electrons. The first-order valence-electron chi connectivity index (χ1n) is 8.45. The van der Waals surface area contributed by atoms with Gasteiger partial charge >= 0.3 is 0 Å². The Morgan fingerprint density at radius 2 is 1.88 bits per heavy atom. The zero-order valence-corrected chi connectivity index (χ0v) is 15.6. The van der Waals surface area contributed by atoms with E-state index in [1.165, 1.54) is 6.07 Å². The molecule has 1 atom stereocenters. The molecule has 2 aromatic rings. The van der Waals surface area contributed by atoms with E-state index in [4.69, 9.17) is 4.74 Å². The third kappa shape index (κ3) is 4.23. The van der Waals surface area contributed by atoms with Crippen molar-refractivity contribution in [2.24, 2.45) is 0 Å². The lowest BCUT2D eigenvalue weighted by atomic mass is 10.0. The second-order valence-electron chi connectivity index (χ2n) is 6.44. The topological polar surface area (TPSA) is 84.5 Å². The molecule has 0 bridgehead atoms. The molecule has 138 valence electrons. The highest BCUT2D eigenvalue weighted by Crippen LogP contribution is 2.25. The third-order valence-corrected chi connectivity index (χ3v) is 5.93. The van der Waals surface area contributed by atoms with Crippen LogP contribution in [0.4, 0.5) is 5.69 Å². The Bertz CT molecular complexity index is 908. The maximum absolute atomic E-state index is 12.7. The van der Waals surface area contributed by atoms with Crippen LogP contribution in [-0.2, 0) is 27.7 Å². The van der Waals surface area contributed by atoms with Crippen LogP contribution in [0, 0.1) is 0 Å². The van der Waals surface area contributed by atoms with Crippen molar-refractivity contribution in [2.45, 2.75) is 37.1 Å². The normalized spacial score (nSPS) is 15.1. The van der Waals surface area contributed by atoms with Crippen molar-refractivity contribution in [3.05, 3.63) is 53.6 Å². The summed E-state index contributed by atoms with van der Waals surface area (Å²) in [6, 6.07) is 12.1.